The lowest BCUT2D eigenvalue weighted by atomic mass is 9.75. The summed E-state index contributed by atoms with van der Waals surface area (Å²) in [6.45, 7) is 2.01. The van der Waals surface area contributed by atoms with Crippen molar-refractivity contribution in [1.29, 1.82) is 0 Å². The van der Waals surface area contributed by atoms with Crippen molar-refractivity contribution in [2.24, 2.45) is 0 Å². The minimum Gasteiger partial charge on any atom is -0.340 e. The van der Waals surface area contributed by atoms with Crippen LogP contribution < -0.4 is 10.2 Å². The first-order valence-corrected chi connectivity index (χ1v) is 8.51. The lowest BCUT2D eigenvalue weighted by molar-refractivity contribution is 0.0252. The van der Waals surface area contributed by atoms with Gasteiger partial charge in [0.15, 0.2) is 0 Å². The van der Waals surface area contributed by atoms with E-state index in [1.54, 1.807) is 4.90 Å². The molecule has 0 unspecified atom stereocenters. The van der Waals surface area contributed by atoms with Crippen LogP contribution in [0.5, 0.6) is 0 Å². The average molecular weight is 330 g/mol. The van der Waals surface area contributed by atoms with Crippen molar-refractivity contribution in [3.05, 3.63) is 29.8 Å². The van der Waals surface area contributed by atoms with Crippen molar-refractivity contribution in [2.75, 3.05) is 45.7 Å². The number of urea groups is 1. The van der Waals surface area contributed by atoms with Crippen molar-refractivity contribution < 1.29 is 9.59 Å². The second-order valence-electron chi connectivity index (χ2n) is 7.07. The van der Waals surface area contributed by atoms with Gasteiger partial charge in [-0.3, -0.25) is 9.69 Å². The summed E-state index contributed by atoms with van der Waals surface area (Å²) in [6.07, 6.45) is 3.48. The van der Waals surface area contributed by atoms with E-state index in [1.807, 2.05) is 36.2 Å². The molecule has 1 aromatic rings. The summed E-state index contributed by atoms with van der Waals surface area (Å²) >= 11 is 0. The Kier molecular flexibility index (Phi) is 4.49. The Balaban J connectivity index is 1.74. The molecule has 1 N–H and O–H groups in total. The van der Waals surface area contributed by atoms with E-state index in [-0.39, 0.29) is 17.5 Å². The molecule has 3 rings (SSSR count). The summed E-state index contributed by atoms with van der Waals surface area (Å²) in [5, 5.41) is 2.78. The number of likely N-dealkylation sites (N-methyl/N-ethyl adjacent to an activating group) is 2. The smallest absolute Gasteiger partial charge is 0.321 e. The van der Waals surface area contributed by atoms with Crippen LogP contribution in [0.25, 0.3) is 0 Å². The fourth-order valence-corrected chi connectivity index (χ4v) is 3.59. The highest BCUT2D eigenvalue weighted by atomic mass is 16.2. The topological polar surface area (TPSA) is 55.9 Å². The Labute approximate surface area is 143 Å². The Morgan fingerprint density at radius 2 is 2.04 bits per heavy atom. The molecule has 24 heavy (non-hydrogen) atoms. The highest BCUT2D eigenvalue weighted by molar-refractivity contribution is 5.98. The van der Waals surface area contributed by atoms with E-state index in [1.165, 1.54) is 6.42 Å². The number of hydrogen-bond donors (Lipinski definition) is 1. The third-order valence-corrected chi connectivity index (χ3v) is 5.37. The molecule has 1 heterocycles. The van der Waals surface area contributed by atoms with Gasteiger partial charge in [0, 0.05) is 43.5 Å². The molecule has 130 valence electrons. The zero-order valence-corrected chi connectivity index (χ0v) is 14.7. The lowest BCUT2D eigenvalue weighted by Crippen LogP contribution is -2.57. The summed E-state index contributed by atoms with van der Waals surface area (Å²) in [5.41, 5.74) is 1.51. The number of hydrogen-bond acceptors (Lipinski definition) is 3. The Bertz CT molecular complexity index is 640. The molecule has 0 bridgehead atoms. The van der Waals surface area contributed by atoms with Crippen LogP contribution in [0.4, 0.5) is 10.5 Å². The van der Waals surface area contributed by atoms with E-state index in [0.29, 0.717) is 18.7 Å². The second kappa shape index (κ2) is 6.43. The van der Waals surface area contributed by atoms with Crippen molar-refractivity contribution in [1.82, 2.24) is 15.1 Å². The maximum absolute atomic E-state index is 12.8. The van der Waals surface area contributed by atoms with Gasteiger partial charge in [0.1, 0.15) is 0 Å². The quantitative estimate of drug-likeness (QED) is 0.895. The van der Waals surface area contributed by atoms with Crippen LogP contribution in [0.15, 0.2) is 24.3 Å². The third kappa shape index (κ3) is 2.98. The SMILES string of the molecule is CN(CC1(N(C)C)CCC1)C(=O)c1cccc(N2CCNC2=O)c1. The highest BCUT2D eigenvalue weighted by Gasteiger charge is 2.40. The molecule has 6 heteroatoms. The van der Waals surface area contributed by atoms with Gasteiger partial charge in [-0.15, -0.1) is 0 Å². The standard InChI is InChI=1S/C18H26N4O2/c1-20(2)18(8-5-9-18)13-21(3)16(23)14-6-4-7-15(12-14)22-11-10-19-17(22)24/h4,6-7,12H,5,8-11,13H2,1-3H3,(H,19,24). The van der Waals surface area contributed by atoms with Crippen LogP contribution in [-0.4, -0.2) is 68.1 Å². The van der Waals surface area contributed by atoms with Crippen molar-refractivity contribution >= 4 is 17.6 Å². The van der Waals surface area contributed by atoms with E-state index < -0.39 is 0 Å². The molecular formula is C18H26N4O2. The fraction of sp³-hybridized carbons (Fsp3) is 0.556. The molecule has 0 aromatic heterocycles. The maximum Gasteiger partial charge on any atom is 0.321 e. The summed E-state index contributed by atoms with van der Waals surface area (Å²) in [5.74, 6) is 0.00424. The lowest BCUT2D eigenvalue weighted by Gasteiger charge is -2.49. The van der Waals surface area contributed by atoms with Crippen molar-refractivity contribution in [2.45, 2.75) is 24.8 Å². The first-order valence-electron chi connectivity index (χ1n) is 8.51. The Morgan fingerprint density at radius 3 is 2.58 bits per heavy atom. The molecule has 2 fully saturated rings. The Hall–Kier alpha value is -2.08. The van der Waals surface area contributed by atoms with E-state index in [4.69, 9.17) is 0 Å². The summed E-state index contributed by atoms with van der Waals surface area (Å²) in [4.78, 5) is 30.4. The molecule has 3 amide bonds. The predicted molar refractivity (Wildman–Crippen MR) is 94.4 cm³/mol. The van der Waals surface area contributed by atoms with Crippen molar-refractivity contribution in [3.8, 4) is 0 Å². The minimum absolute atomic E-state index is 0.00424. The van der Waals surface area contributed by atoms with Gasteiger partial charge in [0.2, 0.25) is 0 Å². The van der Waals surface area contributed by atoms with Gasteiger partial charge in [-0.25, -0.2) is 4.79 Å². The van der Waals surface area contributed by atoms with Crippen LogP contribution in [0.3, 0.4) is 0 Å². The van der Waals surface area contributed by atoms with Gasteiger partial charge in [-0.2, -0.15) is 0 Å². The van der Waals surface area contributed by atoms with E-state index >= 15 is 0 Å². The van der Waals surface area contributed by atoms with Gasteiger partial charge in [0.05, 0.1) is 0 Å². The second-order valence-corrected chi connectivity index (χ2v) is 7.07. The van der Waals surface area contributed by atoms with Crippen LogP contribution in [0.1, 0.15) is 29.6 Å². The van der Waals surface area contributed by atoms with Gasteiger partial charge in [-0.1, -0.05) is 6.07 Å². The predicted octanol–water partition coefficient (Wildman–Crippen LogP) is 1.77. The van der Waals surface area contributed by atoms with Gasteiger partial charge in [-0.05, 0) is 51.6 Å². The van der Waals surface area contributed by atoms with Crippen LogP contribution in [0.2, 0.25) is 0 Å². The van der Waals surface area contributed by atoms with Crippen LogP contribution in [-0.2, 0) is 0 Å². The number of nitrogens with zero attached hydrogens (tertiary/aromatic N) is 3. The number of benzene rings is 1. The highest BCUT2D eigenvalue weighted by Crippen LogP contribution is 2.36. The summed E-state index contributed by atoms with van der Waals surface area (Å²) in [6, 6.07) is 7.24. The first-order chi connectivity index (χ1) is 11.4. The molecule has 2 aliphatic rings. The van der Waals surface area contributed by atoms with E-state index in [2.05, 4.69) is 24.3 Å². The minimum atomic E-state index is -0.103. The van der Waals surface area contributed by atoms with E-state index in [9.17, 15) is 9.59 Å². The number of rotatable bonds is 5. The molecule has 6 nitrogen and oxygen atoms in total. The van der Waals surface area contributed by atoms with Crippen molar-refractivity contribution in [3.63, 3.8) is 0 Å². The number of carbonyl (C=O) groups excluding carboxylic acids is 2. The van der Waals surface area contributed by atoms with Gasteiger partial charge >= 0.3 is 6.03 Å². The average Bonchev–Trinajstić information content (AvgIpc) is 2.95. The normalized spacial score (nSPS) is 19.2. The molecule has 0 radical (unpaired) electrons. The zero-order valence-electron chi connectivity index (χ0n) is 14.7. The molecular weight excluding hydrogens is 304 g/mol. The number of anilines is 1. The zero-order chi connectivity index (χ0) is 17.3. The first kappa shape index (κ1) is 16.8. The van der Waals surface area contributed by atoms with Crippen LogP contribution in [0, 0.1) is 0 Å². The number of amides is 3. The molecule has 0 atom stereocenters. The molecule has 0 spiro atoms. The van der Waals surface area contributed by atoms with Gasteiger partial charge in [0.25, 0.3) is 5.91 Å². The van der Waals surface area contributed by atoms with E-state index in [0.717, 1.165) is 25.1 Å². The fourth-order valence-electron chi connectivity index (χ4n) is 3.59. The monoisotopic (exact) mass is 330 g/mol. The molecule has 1 saturated carbocycles. The molecule has 1 aliphatic carbocycles. The van der Waals surface area contributed by atoms with Gasteiger partial charge < -0.3 is 15.1 Å². The Morgan fingerprint density at radius 1 is 1.29 bits per heavy atom. The summed E-state index contributed by atoms with van der Waals surface area (Å²) < 4.78 is 0. The summed E-state index contributed by atoms with van der Waals surface area (Å²) in [7, 11) is 6.04. The van der Waals surface area contributed by atoms with Crippen LogP contribution >= 0.6 is 0 Å². The molecule has 1 aromatic carbocycles. The molecule has 1 aliphatic heterocycles. The number of nitrogens with one attached hydrogen (secondary N) is 1. The molecule has 1 saturated heterocycles. The largest absolute Gasteiger partial charge is 0.340 e. The maximum atomic E-state index is 12.8. The number of carbonyl (C=O) groups is 2. The third-order valence-electron chi connectivity index (χ3n) is 5.37.